The highest BCUT2D eigenvalue weighted by atomic mass is 32.2. The van der Waals surface area contributed by atoms with Gasteiger partial charge < -0.3 is 9.84 Å². The summed E-state index contributed by atoms with van der Waals surface area (Å²) < 4.78 is 53.4. The van der Waals surface area contributed by atoms with Crippen LogP contribution in [0.1, 0.15) is 31.2 Å². The van der Waals surface area contributed by atoms with Gasteiger partial charge in [-0.15, -0.1) is 13.2 Å². The fourth-order valence-corrected chi connectivity index (χ4v) is 5.78. The monoisotopic (exact) mass is 334 g/mol. The smallest absolute Gasteiger partial charge is 0.406 e. The molecule has 7 heteroatoms. The molecule has 122 valence electrons. The second-order valence-electron chi connectivity index (χ2n) is 6.11. The van der Waals surface area contributed by atoms with E-state index in [1.54, 1.807) is 6.07 Å². The van der Waals surface area contributed by atoms with Crippen molar-refractivity contribution in [1.29, 1.82) is 0 Å². The molecule has 22 heavy (non-hydrogen) atoms. The predicted octanol–water partition coefficient (Wildman–Crippen LogP) is 2.93. The largest absolute Gasteiger partial charge is 0.573 e. The number of aliphatic hydroxyl groups is 1. The molecule has 0 saturated carbocycles. The van der Waals surface area contributed by atoms with E-state index < -0.39 is 22.8 Å². The van der Waals surface area contributed by atoms with Crippen LogP contribution in [0.2, 0.25) is 0 Å². The van der Waals surface area contributed by atoms with E-state index in [2.05, 4.69) is 4.74 Å². The first-order chi connectivity index (χ1) is 10.3. The third-order valence-corrected chi connectivity index (χ3v) is 6.52. The Morgan fingerprint density at radius 3 is 2.41 bits per heavy atom. The van der Waals surface area contributed by atoms with Gasteiger partial charge in [-0.1, -0.05) is 18.2 Å². The van der Waals surface area contributed by atoms with Crippen LogP contribution < -0.4 is 4.74 Å². The molecule has 2 fully saturated rings. The van der Waals surface area contributed by atoms with Gasteiger partial charge in [-0.3, -0.25) is 4.21 Å². The van der Waals surface area contributed by atoms with E-state index in [9.17, 15) is 22.5 Å². The van der Waals surface area contributed by atoms with Crippen molar-refractivity contribution in [3.05, 3.63) is 29.8 Å². The molecule has 2 heterocycles. The number of benzene rings is 1. The van der Waals surface area contributed by atoms with Crippen LogP contribution in [0.5, 0.6) is 5.75 Å². The third-order valence-electron chi connectivity index (χ3n) is 4.40. The van der Waals surface area contributed by atoms with Crippen molar-refractivity contribution in [3.8, 4) is 5.75 Å². The second kappa shape index (κ2) is 5.53. The molecule has 2 aliphatic heterocycles. The molecule has 1 N–H and O–H groups in total. The van der Waals surface area contributed by atoms with Gasteiger partial charge in [0.15, 0.2) is 0 Å². The Morgan fingerprint density at radius 1 is 1.23 bits per heavy atom. The van der Waals surface area contributed by atoms with Gasteiger partial charge in [-0.05, 0) is 37.3 Å². The van der Waals surface area contributed by atoms with E-state index in [0.29, 0.717) is 18.4 Å². The fourth-order valence-electron chi connectivity index (χ4n) is 3.55. The Kier molecular flexibility index (Phi) is 3.97. The Labute approximate surface area is 128 Å². The quantitative estimate of drug-likeness (QED) is 0.924. The number of ether oxygens (including phenoxy) is 1. The van der Waals surface area contributed by atoms with Gasteiger partial charge in [0.1, 0.15) is 5.75 Å². The number of hydrogen-bond donors (Lipinski definition) is 1. The maximum Gasteiger partial charge on any atom is 0.573 e. The van der Waals surface area contributed by atoms with Crippen molar-refractivity contribution in [2.24, 2.45) is 0 Å². The third kappa shape index (κ3) is 3.30. The molecule has 0 amide bonds. The Bertz CT molecular complexity index is 572. The van der Waals surface area contributed by atoms with Crippen LogP contribution in [0.3, 0.4) is 0 Å². The van der Waals surface area contributed by atoms with Crippen LogP contribution in [0, 0.1) is 0 Å². The molecular weight excluding hydrogens is 317 g/mol. The van der Waals surface area contributed by atoms with E-state index in [1.807, 2.05) is 0 Å². The van der Waals surface area contributed by atoms with Crippen molar-refractivity contribution >= 4 is 10.8 Å². The molecule has 2 bridgehead atoms. The van der Waals surface area contributed by atoms with Crippen LogP contribution in [0.25, 0.3) is 0 Å². The number of para-hydroxylation sites is 1. The first-order valence-electron chi connectivity index (χ1n) is 7.21. The lowest BCUT2D eigenvalue weighted by Gasteiger charge is -2.36. The second-order valence-corrected chi connectivity index (χ2v) is 8.11. The molecule has 1 aromatic rings. The summed E-state index contributed by atoms with van der Waals surface area (Å²) in [5.74, 6) is -0.275. The molecule has 3 rings (SSSR count). The van der Waals surface area contributed by atoms with Gasteiger partial charge in [0.2, 0.25) is 0 Å². The average Bonchev–Trinajstić information content (AvgIpc) is 2.64. The molecule has 2 unspecified atom stereocenters. The average molecular weight is 334 g/mol. The first-order valence-corrected chi connectivity index (χ1v) is 8.49. The van der Waals surface area contributed by atoms with E-state index in [1.165, 1.54) is 18.2 Å². The number of fused-ring (bicyclic) bond motifs is 2. The van der Waals surface area contributed by atoms with E-state index in [-0.39, 0.29) is 22.7 Å². The van der Waals surface area contributed by atoms with Gasteiger partial charge in [0.05, 0.1) is 5.60 Å². The summed E-state index contributed by atoms with van der Waals surface area (Å²) in [5.41, 5.74) is -0.778. The number of alkyl halides is 3. The van der Waals surface area contributed by atoms with Crippen molar-refractivity contribution in [1.82, 2.24) is 0 Å². The maximum atomic E-state index is 12.5. The molecule has 0 aliphatic carbocycles. The van der Waals surface area contributed by atoms with Crippen LogP contribution >= 0.6 is 0 Å². The van der Waals surface area contributed by atoms with E-state index >= 15 is 0 Å². The Hall–Kier alpha value is -1.08. The zero-order valence-corrected chi connectivity index (χ0v) is 12.6. The van der Waals surface area contributed by atoms with Gasteiger partial charge in [0.25, 0.3) is 0 Å². The summed E-state index contributed by atoms with van der Waals surface area (Å²) >= 11 is 0. The van der Waals surface area contributed by atoms with Crippen LogP contribution in [0.4, 0.5) is 13.2 Å². The highest BCUT2D eigenvalue weighted by Gasteiger charge is 2.47. The molecule has 1 aromatic carbocycles. The summed E-state index contributed by atoms with van der Waals surface area (Å²) in [5, 5.41) is 10.7. The molecule has 0 aromatic heterocycles. The minimum Gasteiger partial charge on any atom is -0.406 e. The SMILES string of the molecule is O=S1C2CCC1CC(O)(Cc1ccccc1OC(F)(F)F)C2. The van der Waals surface area contributed by atoms with Gasteiger partial charge in [0, 0.05) is 27.7 Å². The van der Waals surface area contributed by atoms with E-state index in [4.69, 9.17) is 0 Å². The molecule has 2 saturated heterocycles. The lowest BCUT2D eigenvalue weighted by atomic mass is 9.86. The Balaban J connectivity index is 1.80. The topological polar surface area (TPSA) is 46.5 Å². The zero-order valence-electron chi connectivity index (χ0n) is 11.8. The summed E-state index contributed by atoms with van der Waals surface area (Å²) in [6.07, 6.45) is -2.29. The van der Waals surface area contributed by atoms with Gasteiger partial charge >= 0.3 is 6.36 Å². The molecule has 0 radical (unpaired) electrons. The minimum atomic E-state index is -4.76. The van der Waals surface area contributed by atoms with Gasteiger partial charge in [-0.25, -0.2) is 0 Å². The summed E-state index contributed by atoms with van der Waals surface area (Å²) in [6.45, 7) is 0. The van der Waals surface area contributed by atoms with E-state index in [0.717, 1.165) is 12.8 Å². The normalized spacial score (nSPS) is 34.6. The maximum absolute atomic E-state index is 12.5. The first kappa shape index (κ1) is 15.8. The molecular formula is C15H17F3O3S. The fraction of sp³-hybridized carbons (Fsp3) is 0.600. The molecule has 3 nitrogen and oxygen atoms in total. The van der Waals surface area contributed by atoms with Crippen molar-refractivity contribution in [3.63, 3.8) is 0 Å². The van der Waals surface area contributed by atoms with Crippen molar-refractivity contribution in [2.75, 3.05) is 0 Å². The van der Waals surface area contributed by atoms with Crippen LogP contribution in [-0.4, -0.2) is 31.8 Å². The number of hydrogen-bond acceptors (Lipinski definition) is 3. The minimum absolute atomic E-state index is 0.0422. The molecule has 2 atom stereocenters. The standard InChI is InChI=1S/C15H17F3O3S/c16-15(17,18)21-13-4-2-1-3-10(13)7-14(19)8-11-5-6-12(9-14)22(11)20/h1-4,11-12,19H,5-9H2. The predicted molar refractivity (Wildman–Crippen MR) is 76.0 cm³/mol. The lowest BCUT2D eigenvalue weighted by molar-refractivity contribution is -0.275. The summed E-state index contributed by atoms with van der Waals surface area (Å²) in [7, 11) is -0.916. The van der Waals surface area contributed by atoms with Crippen LogP contribution in [0.15, 0.2) is 24.3 Å². The number of halogens is 3. The van der Waals surface area contributed by atoms with Gasteiger partial charge in [-0.2, -0.15) is 0 Å². The highest BCUT2D eigenvalue weighted by molar-refractivity contribution is 7.86. The zero-order chi connectivity index (χ0) is 16.0. The van der Waals surface area contributed by atoms with Crippen molar-refractivity contribution < 1.29 is 27.2 Å². The molecule has 0 spiro atoms. The highest BCUT2D eigenvalue weighted by Crippen LogP contribution is 2.43. The van der Waals surface area contributed by atoms with Crippen molar-refractivity contribution in [2.45, 2.75) is 54.6 Å². The summed E-state index contributed by atoms with van der Waals surface area (Å²) in [6, 6.07) is 5.88. The van der Waals surface area contributed by atoms with Crippen LogP contribution in [-0.2, 0) is 17.2 Å². The summed E-state index contributed by atoms with van der Waals surface area (Å²) in [4.78, 5) is 0. The molecule has 2 aliphatic rings. The number of rotatable bonds is 3. The lowest BCUT2D eigenvalue weighted by Crippen LogP contribution is -2.44. The Morgan fingerprint density at radius 2 is 1.82 bits per heavy atom.